The number of para-hydroxylation sites is 2. The van der Waals surface area contributed by atoms with Gasteiger partial charge in [-0.2, -0.15) is 0 Å². The minimum atomic E-state index is -2.53. The number of nitrogens with zero attached hydrogens (tertiary/aromatic N) is 2. The fraction of sp³-hybridized carbons (Fsp3) is 0.0250. The van der Waals surface area contributed by atoms with Crippen LogP contribution >= 0.6 is 0 Å². The Bertz CT molecular complexity index is 4620. The number of fused-ring (bicyclic) bond motifs is 6. The van der Waals surface area contributed by atoms with Crippen LogP contribution in [-0.4, -0.2) is 17.2 Å². The van der Waals surface area contributed by atoms with Gasteiger partial charge in [-0.3, -0.25) is 0 Å². The van der Waals surface area contributed by atoms with E-state index in [9.17, 15) is 0 Å². The van der Waals surface area contributed by atoms with Crippen molar-refractivity contribution in [2.24, 2.45) is 0 Å². The van der Waals surface area contributed by atoms with Gasteiger partial charge >= 0.3 is 0 Å². The van der Waals surface area contributed by atoms with E-state index < -0.39 is 8.07 Å². The molecule has 0 N–H and O–H groups in total. The standard InChI is InChI=1S/C80H58N2Si/c1-7-26-57(27-8-1)61-33-21-35-63(54-61)70-45-24-46-71(64-36-22-34-62(55-64)58-28-9-2-10-29-58)80(70)82-75-51-50-65(56-73(75)79-69(44-25-49-77(79)82)59-30-11-3-12-31-59)81-74-47-20-19-43-72(74)78-60(32-23-48-76(78)81)52-53-83(66-37-13-4-14-38-66,67-39-15-5-16-40-67)68-41-17-6-18-42-68/h1-51,54-56H,52-53H2. The smallest absolute Gasteiger partial charge is 0.148 e. The molecule has 15 rings (SSSR count). The monoisotopic (exact) mass is 1070 g/mol. The van der Waals surface area contributed by atoms with Crippen LogP contribution < -0.4 is 15.6 Å². The second kappa shape index (κ2) is 21.3. The van der Waals surface area contributed by atoms with Gasteiger partial charge < -0.3 is 9.13 Å². The van der Waals surface area contributed by atoms with E-state index in [0.717, 1.165) is 57.1 Å². The summed E-state index contributed by atoms with van der Waals surface area (Å²) in [4.78, 5) is 0. The minimum absolute atomic E-state index is 0.924. The molecule has 83 heavy (non-hydrogen) atoms. The molecule has 13 aromatic carbocycles. The average Bonchev–Trinajstić information content (AvgIpc) is 3.12. The van der Waals surface area contributed by atoms with Crippen molar-refractivity contribution in [2.45, 2.75) is 12.5 Å². The third-order valence-corrected chi connectivity index (χ3v) is 22.2. The lowest BCUT2D eigenvalue weighted by Crippen LogP contribution is -2.67. The Morgan fingerprint density at radius 3 is 1.23 bits per heavy atom. The first-order chi connectivity index (χ1) is 41.2. The van der Waals surface area contributed by atoms with Crippen molar-refractivity contribution in [2.75, 3.05) is 0 Å². The third kappa shape index (κ3) is 8.73. The van der Waals surface area contributed by atoms with Crippen LogP contribution in [0.25, 0.3) is 111 Å². The maximum Gasteiger partial charge on any atom is 0.148 e. The maximum absolute atomic E-state index is 2.57. The van der Waals surface area contributed by atoms with Crippen molar-refractivity contribution >= 4 is 67.2 Å². The molecule has 3 heteroatoms. The van der Waals surface area contributed by atoms with E-state index in [0.29, 0.717) is 0 Å². The Labute approximate surface area is 486 Å². The van der Waals surface area contributed by atoms with Gasteiger partial charge in [0.1, 0.15) is 8.07 Å². The molecule has 2 aromatic heterocycles. The molecule has 0 fully saturated rings. The highest BCUT2D eigenvalue weighted by Gasteiger charge is 2.39. The quantitative estimate of drug-likeness (QED) is 0.0804. The molecule has 0 spiro atoms. The molecule has 15 aromatic rings. The van der Waals surface area contributed by atoms with E-state index in [-0.39, 0.29) is 0 Å². The summed E-state index contributed by atoms with van der Waals surface area (Å²) in [5.74, 6) is 0. The first-order valence-electron chi connectivity index (χ1n) is 29.0. The first-order valence-corrected chi connectivity index (χ1v) is 31.2. The summed E-state index contributed by atoms with van der Waals surface area (Å²) in [7, 11) is -2.53. The van der Waals surface area contributed by atoms with Crippen LogP contribution in [-0.2, 0) is 6.42 Å². The van der Waals surface area contributed by atoms with Gasteiger partial charge in [-0.25, -0.2) is 0 Å². The van der Waals surface area contributed by atoms with Crippen LogP contribution in [0, 0.1) is 0 Å². The van der Waals surface area contributed by atoms with Gasteiger partial charge in [-0.15, -0.1) is 0 Å². The van der Waals surface area contributed by atoms with Crippen LogP contribution in [0.5, 0.6) is 0 Å². The Kier molecular flexibility index (Phi) is 12.7. The molecule has 0 aliphatic carbocycles. The van der Waals surface area contributed by atoms with E-state index in [1.54, 1.807) is 0 Å². The largest absolute Gasteiger partial charge is 0.309 e. The molecular weight excluding hydrogens is 1020 g/mol. The number of rotatable bonds is 13. The van der Waals surface area contributed by atoms with E-state index >= 15 is 0 Å². The summed E-state index contributed by atoms with van der Waals surface area (Å²) in [5.41, 5.74) is 20.1. The molecule has 0 atom stereocenters. The van der Waals surface area contributed by atoms with Crippen LogP contribution in [0.15, 0.2) is 328 Å². The normalized spacial score (nSPS) is 11.7. The van der Waals surface area contributed by atoms with Crippen molar-refractivity contribution in [3.8, 4) is 67.0 Å². The number of aryl methyl sites for hydroxylation is 1. The van der Waals surface area contributed by atoms with Gasteiger partial charge in [-0.1, -0.05) is 279 Å². The molecule has 0 radical (unpaired) electrons. The lowest BCUT2D eigenvalue weighted by molar-refractivity contribution is 1.12. The Balaban J connectivity index is 0.961. The fourth-order valence-electron chi connectivity index (χ4n) is 13.5. The van der Waals surface area contributed by atoms with E-state index in [1.165, 1.54) is 87.1 Å². The Morgan fingerprint density at radius 1 is 0.253 bits per heavy atom. The zero-order valence-electron chi connectivity index (χ0n) is 46.0. The SMILES string of the molecule is c1ccc(-c2cccc(-c3cccc(-c4cccc(-c5ccccc5)c4)c3-n3c4ccc(-n5c6ccccc6c6c(CC[Si](c7ccccc7)(c7ccccc7)c7ccccc7)cccc65)cc4c4c(-c5ccccc5)cccc43)c2)cc1. The number of hydrogen-bond donors (Lipinski definition) is 0. The van der Waals surface area contributed by atoms with Crippen LogP contribution in [0.3, 0.4) is 0 Å². The summed E-state index contributed by atoms with van der Waals surface area (Å²) in [6.45, 7) is 0. The highest BCUT2D eigenvalue weighted by Crippen LogP contribution is 2.46. The summed E-state index contributed by atoms with van der Waals surface area (Å²) in [6, 6.07) is 123. The highest BCUT2D eigenvalue weighted by molar-refractivity contribution is 7.11. The lowest BCUT2D eigenvalue weighted by atomic mass is 9.92. The van der Waals surface area contributed by atoms with E-state index in [2.05, 4.69) is 337 Å². The van der Waals surface area contributed by atoms with Crippen molar-refractivity contribution in [3.63, 3.8) is 0 Å². The Hall–Kier alpha value is -10.3. The average molecular weight is 1080 g/mol. The predicted octanol–water partition coefficient (Wildman–Crippen LogP) is 18.9. The molecular formula is C80H58N2Si. The number of aromatic nitrogens is 2. The van der Waals surface area contributed by atoms with Gasteiger partial charge in [0, 0.05) is 38.4 Å². The van der Waals surface area contributed by atoms with Crippen molar-refractivity contribution < 1.29 is 0 Å². The van der Waals surface area contributed by atoms with Crippen LogP contribution in [0.2, 0.25) is 6.04 Å². The lowest BCUT2D eigenvalue weighted by Gasteiger charge is -2.34. The maximum atomic E-state index is 2.57. The topological polar surface area (TPSA) is 9.86 Å². The fourth-order valence-corrected chi connectivity index (χ4v) is 18.3. The molecule has 0 saturated heterocycles. The van der Waals surface area contributed by atoms with E-state index in [4.69, 9.17) is 0 Å². The molecule has 392 valence electrons. The van der Waals surface area contributed by atoms with E-state index in [1.807, 2.05) is 0 Å². The zero-order valence-corrected chi connectivity index (χ0v) is 47.0. The molecule has 0 aliphatic heterocycles. The molecule has 0 aliphatic rings. The molecule has 0 bridgehead atoms. The van der Waals surface area contributed by atoms with Crippen molar-refractivity contribution in [1.82, 2.24) is 9.13 Å². The third-order valence-electron chi connectivity index (χ3n) is 17.3. The molecule has 2 nitrogen and oxygen atoms in total. The molecule has 2 heterocycles. The second-order valence-electron chi connectivity index (χ2n) is 21.9. The molecule has 0 saturated carbocycles. The van der Waals surface area contributed by atoms with Crippen LogP contribution in [0.1, 0.15) is 5.56 Å². The summed E-state index contributed by atoms with van der Waals surface area (Å²) < 4.78 is 5.10. The Morgan fingerprint density at radius 2 is 0.663 bits per heavy atom. The second-order valence-corrected chi connectivity index (χ2v) is 25.9. The summed E-state index contributed by atoms with van der Waals surface area (Å²) >= 11 is 0. The zero-order chi connectivity index (χ0) is 55.1. The number of hydrogen-bond acceptors (Lipinski definition) is 0. The summed E-state index contributed by atoms with van der Waals surface area (Å²) in [6.07, 6.45) is 0.924. The van der Waals surface area contributed by atoms with Gasteiger partial charge in [0.25, 0.3) is 0 Å². The van der Waals surface area contributed by atoms with Gasteiger partial charge in [0.05, 0.1) is 27.8 Å². The molecule has 0 unspecified atom stereocenters. The molecule has 0 amide bonds. The predicted molar refractivity (Wildman–Crippen MR) is 355 cm³/mol. The van der Waals surface area contributed by atoms with Gasteiger partial charge in [0.2, 0.25) is 0 Å². The highest BCUT2D eigenvalue weighted by atomic mass is 28.3. The van der Waals surface area contributed by atoms with Crippen molar-refractivity contribution in [3.05, 3.63) is 333 Å². The van der Waals surface area contributed by atoms with Gasteiger partial charge in [0.15, 0.2) is 0 Å². The minimum Gasteiger partial charge on any atom is -0.309 e. The van der Waals surface area contributed by atoms with Gasteiger partial charge in [-0.05, 0) is 127 Å². The number of benzene rings is 13. The van der Waals surface area contributed by atoms with Crippen LogP contribution in [0.4, 0.5) is 0 Å². The summed E-state index contributed by atoms with van der Waals surface area (Å²) in [5, 5.41) is 9.31. The van der Waals surface area contributed by atoms with Crippen molar-refractivity contribution in [1.29, 1.82) is 0 Å². The first kappa shape index (κ1) is 49.7.